The summed E-state index contributed by atoms with van der Waals surface area (Å²) in [5, 5.41) is 6.82. The van der Waals surface area contributed by atoms with Gasteiger partial charge in [0.05, 0.1) is 7.11 Å². The lowest BCUT2D eigenvalue weighted by Gasteiger charge is -2.20. The first kappa shape index (κ1) is 20.9. The Bertz CT molecular complexity index is 796. The molecule has 1 aliphatic heterocycles. The molecule has 0 spiro atoms. The number of rotatable bonds is 8. The van der Waals surface area contributed by atoms with E-state index in [1.807, 2.05) is 17.0 Å². The van der Waals surface area contributed by atoms with Crippen molar-refractivity contribution >= 4 is 11.8 Å². The van der Waals surface area contributed by atoms with E-state index in [1.54, 1.807) is 26.4 Å². The number of benzene rings is 1. The van der Waals surface area contributed by atoms with E-state index in [9.17, 15) is 4.39 Å². The Morgan fingerprint density at radius 2 is 2.10 bits per heavy atom. The van der Waals surface area contributed by atoms with Crippen LogP contribution >= 0.6 is 0 Å². The predicted molar refractivity (Wildman–Crippen MR) is 115 cm³/mol. The summed E-state index contributed by atoms with van der Waals surface area (Å²) >= 11 is 0. The molecule has 156 valence electrons. The van der Waals surface area contributed by atoms with E-state index in [0.717, 1.165) is 50.5 Å². The fraction of sp³-hybridized carbons (Fsp3) is 0.455. The highest BCUT2D eigenvalue weighted by Crippen LogP contribution is 2.20. The molecule has 2 heterocycles. The second-order valence-electron chi connectivity index (χ2n) is 7.19. The van der Waals surface area contributed by atoms with Crippen molar-refractivity contribution in [3.05, 3.63) is 54.0 Å². The molecule has 29 heavy (non-hydrogen) atoms. The van der Waals surface area contributed by atoms with Crippen molar-refractivity contribution in [1.29, 1.82) is 0 Å². The van der Waals surface area contributed by atoms with Crippen LogP contribution in [0.1, 0.15) is 24.8 Å². The highest BCUT2D eigenvalue weighted by molar-refractivity contribution is 5.80. The maximum atomic E-state index is 13.9. The largest absolute Gasteiger partial charge is 0.497 e. The number of pyridine rings is 1. The van der Waals surface area contributed by atoms with E-state index in [-0.39, 0.29) is 11.9 Å². The van der Waals surface area contributed by atoms with Crippen LogP contribution in [0, 0.1) is 5.82 Å². The lowest BCUT2D eigenvalue weighted by Crippen LogP contribution is -2.45. The first-order chi connectivity index (χ1) is 14.2. The average molecular weight is 400 g/mol. The Morgan fingerprint density at radius 3 is 2.83 bits per heavy atom. The van der Waals surface area contributed by atoms with Gasteiger partial charge in [0.15, 0.2) is 17.6 Å². The van der Waals surface area contributed by atoms with Crippen molar-refractivity contribution in [1.82, 2.24) is 15.6 Å². The zero-order chi connectivity index (χ0) is 20.5. The maximum absolute atomic E-state index is 13.9. The van der Waals surface area contributed by atoms with Crippen molar-refractivity contribution in [2.45, 2.75) is 31.7 Å². The van der Waals surface area contributed by atoms with Crippen LogP contribution in [0.25, 0.3) is 0 Å². The minimum absolute atomic E-state index is 0.224. The van der Waals surface area contributed by atoms with Crippen molar-refractivity contribution in [3.8, 4) is 5.75 Å². The van der Waals surface area contributed by atoms with Crippen molar-refractivity contribution in [2.24, 2.45) is 4.99 Å². The molecule has 1 aliphatic rings. The number of hydrogen-bond donors (Lipinski definition) is 2. The van der Waals surface area contributed by atoms with Crippen molar-refractivity contribution in [2.75, 3.05) is 38.7 Å². The lowest BCUT2D eigenvalue weighted by molar-refractivity contribution is 0.414. The highest BCUT2D eigenvalue weighted by Gasteiger charge is 2.25. The predicted octanol–water partition coefficient (Wildman–Crippen LogP) is 3.00. The molecule has 7 heteroatoms. The van der Waals surface area contributed by atoms with Crippen LogP contribution in [0.3, 0.4) is 0 Å². The maximum Gasteiger partial charge on any atom is 0.191 e. The minimum Gasteiger partial charge on any atom is -0.497 e. The van der Waals surface area contributed by atoms with Crippen LogP contribution in [-0.4, -0.2) is 50.8 Å². The molecule has 0 bridgehead atoms. The molecule has 1 saturated heterocycles. The molecule has 1 atom stereocenters. The van der Waals surface area contributed by atoms with E-state index in [1.165, 1.54) is 11.6 Å². The van der Waals surface area contributed by atoms with Gasteiger partial charge >= 0.3 is 0 Å². The minimum atomic E-state index is -0.271. The number of nitrogens with one attached hydrogen (secondary N) is 2. The van der Waals surface area contributed by atoms with Crippen LogP contribution in [0.2, 0.25) is 0 Å². The molecule has 0 amide bonds. The Labute approximate surface area is 172 Å². The standard InChI is InChI=1S/C22H30FN5O/c1-24-22(26-13-4-3-6-17-8-10-19(29-2)11-9-17)27-18-12-15-28(16-18)21-20(23)7-5-14-25-21/h5,7-11,14,18H,3-4,6,12-13,15-16H2,1-2H3,(H2,24,26,27). The van der Waals surface area contributed by atoms with Crippen LogP contribution in [0.5, 0.6) is 5.75 Å². The Hall–Kier alpha value is -2.83. The second kappa shape index (κ2) is 10.6. The summed E-state index contributed by atoms with van der Waals surface area (Å²) in [6, 6.07) is 11.5. The summed E-state index contributed by atoms with van der Waals surface area (Å²) in [4.78, 5) is 10.5. The molecule has 0 radical (unpaired) electrons. The number of aryl methyl sites for hydroxylation is 1. The summed E-state index contributed by atoms with van der Waals surface area (Å²) in [7, 11) is 3.46. The van der Waals surface area contributed by atoms with Gasteiger partial charge in [-0.25, -0.2) is 9.37 Å². The first-order valence-electron chi connectivity index (χ1n) is 10.1. The third kappa shape index (κ3) is 6.07. The van der Waals surface area contributed by atoms with Gasteiger partial charge in [-0.1, -0.05) is 12.1 Å². The normalized spacial score (nSPS) is 16.7. The van der Waals surface area contributed by atoms with Gasteiger partial charge in [0, 0.05) is 38.9 Å². The number of aromatic nitrogens is 1. The van der Waals surface area contributed by atoms with Crippen LogP contribution < -0.4 is 20.3 Å². The number of nitrogens with zero attached hydrogens (tertiary/aromatic N) is 3. The third-order valence-corrected chi connectivity index (χ3v) is 5.14. The van der Waals surface area contributed by atoms with E-state index >= 15 is 0 Å². The first-order valence-corrected chi connectivity index (χ1v) is 10.1. The van der Waals surface area contributed by atoms with Gasteiger partial charge in [-0.15, -0.1) is 0 Å². The number of aliphatic imine (C=N–C) groups is 1. The number of ether oxygens (including phenoxy) is 1. The number of unbranched alkanes of at least 4 members (excludes halogenated alkanes) is 1. The summed E-state index contributed by atoms with van der Waals surface area (Å²) in [6.45, 7) is 2.36. The van der Waals surface area contributed by atoms with Gasteiger partial charge in [-0.05, 0) is 55.5 Å². The van der Waals surface area contributed by atoms with E-state index in [4.69, 9.17) is 4.74 Å². The van der Waals surface area contributed by atoms with Crippen molar-refractivity contribution < 1.29 is 9.13 Å². The molecule has 0 aliphatic carbocycles. The molecular formula is C22H30FN5O. The third-order valence-electron chi connectivity index (χ3n) is 5.14. The van der Waals surface area contributed by atoms with Gasteiger partial charge in [0.2, 0.25) is 0 Å². The highest BCUT2D eigenvalue weighted by atomic mass is 19.1. The van der Waals surface area contributed by atoms with Gasteiger partial charge in [-0.3, -0.25) is 4.99 Å². The summed E-state index contributed by atoms with van der Waals surface area (Å²) in [5.41, 5.74) is 1.32. The molecule has 1 aromatic heterocycles. The Balaban J connectivity index is 1.36. The lowest BCUT2D eigenvalue weighted by atomic mass is 10.1. The number of guanidine groups is 1. The Kier molecular flexibility index (Phi) is 7.67. The number of halogens is 1. The fourth-order valence-electron chi connectivity index (χ4n) is 3.52. The SMILES string of the molecule is CN=C(NCCCCc1ccc(OC)cc1)NC1CCN(c2ncccc2F)C1. The van der Waals surface area contributed by atoms with Crippen LogP contribution in [0.4, 0.5) is 10.2 Å². The summed E-state index contributed by atoms with van der Waals surface area (Å²) in [5.74, 6) is 1.84. The van der Waals surface area contributed by atoms with Crippen LogP contribution in [-0.2, 0) is 6.42 Å². The second-order valence-corrected chi connectivity index (χ2v) is 7.19. The summed E-state index contributed by atoms with van der Waals surface area (Å²) < 4.78 is 19.1. The van der Waals surface area contributed by atoms with Crippen LogP contribution in [0.15, 0.2) is 47.6 Å². The smallest absolute Gasteiger partial charge is 0.191 e. The molecule has 6 nitrogen and oxygen atoms in total. The monoisotopic (exact) mass is 399 g/mol. The molecule has 3 rings (SSSR count). The van der Waals surface area contributed by atoms with E-state index in [2.05, 4.69) is 32.7 Å². The fourth-order valence-corrected chi connectivity index (χ4v) is 3.52. The molecule has 2 aromatic rings. The molecular weight excluding hydrogens is 369 g/mol. The quantitative estimate of drug-likeness (QED) is 0.406. The molecule has 1 fully saturated rings. The molecule has 2 N–H and O–H groups in total. The van der Waals surface area contributed by atoms with Gasteiger partial charge in [0.1, 0.15) is 5.75 Å². The average Bonchev–Trinajstić information content (AvgIpc) is 3.21. The molecule has 1 unspecified atom stereocenters. The van der Waals surface area contributed by atoms with Gasteiger partial charge < -0.3 is 20.3 Å². The zero-order valence-electron chi connectivity index (χ0n) is 17.2. The summed E-state index contributed by atoms with van der Waals surface area (Å²) in [6.07, 6.45) is 5.76. The van der Waals surface area contributed by atoms with E-state index < -0.39 is 0 Å². The topological polar surface area (TPSA) is 61.8 Å². The number of methoxy groups -OCH3 is 1. The number of hydrogen-bond acceptors (Lipinski definition) is 4. The molecule has 1 aromatic carbocycles. The van der Waals surface area contributed by atoms with Crippen molar-refractivity contribution in [3.63, 3.8) is 0 Å². The Morgan fingerprint density at radius 1 is 1.28 bits per heavy atom. The molecule has 0 saturated carbocycles. The number of anilines is 1. The van der Waals surface area contributed by atoms with Gasteiger partial charge in [0.25, 0.3) is 0 Å². The van der Waals surface area contributed by atoms with E-state index in [0.29, 0.717) is 12.4 Å². The van der Waals surface area contributed by atoms with Gasteiger partial charge in [-0.2, -0.15) is 0 Å². The zero-order valence-corrected chi connectivity index (χ0v) is 17.2.